The van der Waals surface area contributed by atoms with E-state index in [1.54, 1.807) is 12.1 Å². The van der Waals surface area contributed by atoms with Gasteiger partial charge >= 0.3 is 0 Å². The average Bonchev–Trinajstić information content (AvgIpc) is 2.44. The van der Waals surface area contributed by atoms with Crippen molar-refractivity contribution < 1.29 is 9.50 Å². The van der Waals surface area contributed by atoms with E-state index in [9.17, 15) is 9.50 Å². The molecule has 1 N–H and O–H groups in total. The number of hydrogen-bond donors (Lipinski definition) is 1. The van der Waals surface area contributed by atoms with Crippen molar-refractivity contribution in [1.29, 1.82) is 0 Å². The third-order valence-corrected chi connectivity index (χ3v) is 3.28. The van der Waals surface area contributed by atoms with Crippen LogP contribution in [0.3, 0.4) is 0 Å². The van der Waals surface area contributed by atoms with E-state index in [1.807, 2.05) is 6.07 Å². The molecule has 1 aromatic rings. The average molecular weight is 208 g/mol. The van der Waals surface area contributed by atoms with Crippen LogP contribution in [0.15, 0.2) is 24.3 Å². The van der Waals surface area contributed by atoms with Crippen LogP contribution < -0.4 is 0 Å². The lowest BCUT2D eigenvalue weighted by atomic mass is 9.89. The predicted octanol–water partition coefficient (Wildman–Crippen LogP) is 3.23. The van der Waals surface area contributed by atoms with Gasteiger partial charge in [-0.1, -0.05) is 37.5 Å². The molecule has 1 aromatic carbocycles. The van der Waals surface area contributed by atoms with Gasteiger partial charge < -0.3 is 5.11 Å². The Balaban J connectivity index is 2.24. The number of benzene rings is 1. The van der Waals surface area contributed by atoms with Crippen molar-refractivity contribution in [2.24, 2.45) is 0 Å². The Hall–Kier alpha value is -0.890. The molecule has 1 aliphatic carbocycles. The van der Waals surface area contributed by atoms with Crippen molar-refractivity contribution in [3.8, 4) is 0 Å². The second kappa shape index (κ2) is 4.75. The molecule has 0 radical (unpaired) electrons. The molecule has 0 aromatic heterocycles. The van der Waals surface area contributed by atoms with Crippen molar-refractivity contribution in [1.82, 2.24) is 0 Å². The Kier molecular flexibility index (Phi) is 3.37. The van der Waals surface area contributed by atoms with Crippen LogP contribution >= 0.6 is 0 Å². The number of aliphatic hydroxyl groups is 1. The van der Waals surface area contributed by atoms with E-state index in [0.29, 0.717) is 5.56 Å². The number of rotatable bonds is 1. The fourth-order valence-electron chi connectivity index (χ4n) is 2.43. The molecule has 2 rings (SSSR count). The fraction of sp³-hybridized carbons (Fsp3) is 0.538. The van der Waals surface area contributed by atoms with Crippen LogP contribution in [0.1, 0.15) is 43.6 Å². The Bertz CT molecular complexity index is 324. The van der Waals surface area contributed by atoms with Gasteiger partial charge in [-0.15, -0.1) is 0 Å². The number of hydrogen-bond acceptors (Lipinski definition) is 1. The maximum Gasteiger partial charge on any atom is 0.126 e. The van der Waals surface area contributed by atoms with Gasteiger partial charge in [-0.3, -0.25) is 0 Å². The monoisotopic (exact) mass is 208 g/mol. The van der Waals surface area contributed by atoms with E-state index in [1.165, 1.54) is 6.07 Å². The minimum absolute atomic E-state index is 0.00583. The highest BCUT2D eigenvalue weighted by atomic mass is 19.1. The fourth-order valence-corrected chi connectivity index (χ4v) is 2.43. The molecule has 1 fully saturated rings. The Morgan fingerprint density at radius 1 is 1.07 bits per heavy atom. The predicted molar refractivity (Wildman–Crippen MR) is 58.2 cm³/mol. The topological polar surface area (TPSA) is 20.2 Å². The summed E-state index contributed by atoms with van der Waals surface area (Å²) in [6.07, 6.45) is 4.65. The first-order chi connectivity index (χ1) is 7.29. The van der Waals surface area contributed by atoms with E-state index in [-0.39, 0.29) is 17.8 Å². The largest absolute Gasteiger partial charge is 0.392 e. The lowest BCUT2D eigenvalue weighted by molar-refractivity contribution is 0.133. The summed E-state index contributed by atoms with van der Waals surface area (Å²) in [5, 5.41) is 9.96. The van der Waals surface area contributed by atoms with E-state index >= 15 is 0 Å². The molecule has 1 nitrogen and oxygen atoms in total. The maximum absolute atomic E-state index is 13.6. The summed E-state index contributed by atoms with van der Waals surface area (Å²) >= 11 is 0. The first kappa shape index (κ1) is 10.6. The first-order valence-electron chi connectivity index (χ1n) is 5.71. The molecule has 1 aliphatic rings. The van der Waals surface area contributed by atoms with Crippen LogP contribution in [0.25, 0.3) is 0 Å². The van der Waals surface area contributed by atoms with Crippen LogP contribution in [0, 0.1) is 5.82 Å². The van der Waals surface area contributed by atoms with Gasteiger partial charge in [-0.2, -0.15) is 0 Å². The van der Waals surface area contributed by atoms with Gasteiger partial charge in [0.25, 0.3) is 0 Å². The summed E-state index contributed by atoms with van der Waals surface area (Å²) in [4.78, 5) is 0. The van der Waals surface area contributed by atoms with Crippen molar-refractivity contribution in [2.75, 3.05) is 0 Å². The minimum Gasteiger partial charge on any atom is -0.392 e. The number of halogens is 1. The molecule has 0 aliphatic heterocycles. The van der Waals surface area contributed by atoms with Gasteiger partial charge in [0, 0.05) is 5.92 Å². The van der Waals surface area contributed by atoms with E-state index < -0.39 is 0 Å². The maximum atomic E-state index is 13.6. The zero-order chi connectivity index (χ0) is 10.7. The van der Waals surface area contributed by atoms with Gasteiger partial charge in [-0.25, -0.2) is 4.39 Å². The molecule has 1 saturated carbocycles. The highest BCUT2D eigenvalue weighted by Crippen LogP contribution is 2.33. The molecular weight excluding hydrogens is 191 g/mol. The Morgan fingerprint density at radius 2 is 1.80 bits per heavy atom. The zero-order valence-corrected chi connectivity index (χ0v) is 8.82. The minimum atomic E-state index is -0.371. The van der Waals surface area contributed by atoms with Gasteiger partial charge in [0.2, 0.25) is 0 Å². The lowest BCUT2D eigenvalue weighted by Gasteiger charge is -2.21. The van der Waals surface area contributed by atoms with Crippen LogP contribution in [0.2, 0.25) is 0 Å². The molecule has 2 atom stereocenters. The lowest BCUT2D eigenvalue weighted by Crippen LogP contribution is -2.17. The van der Waals surface area contributed by atoms with Crippen molar-refractivity contribution in [2.45, 2.75) is 44.1 Å². The van der Waals surface area contributed by atoms with Gasteiger partial charge in [0.1, 0.15) is 5.82 Å². The molecule has 0 heterocycles. The smallest absolute Gasteiger partial charge is 0.126 e. The Morgan fingerprint density at radius 3 is 2.60 bits per heavy atom. The molecule has 0 amide bonds. The quantitative estimate of drug-likeness (QED) is 0.702. The molecule has 0 bridgehead atoms. The zero-order valence-electron chi connectivity index (χ0n) is 8.82. The van der Waals surface area contributed by atoms with Gasteiger partial charge in [0.15, 0.2) is 0 Å². The van der Waals surface area contributed by atoms with E-state index in [4.69, 9.17) is 0 Å². The summed E-state index contributed by atoms with van der Waals surface area (Å²) in [6, 6.07) is 6.82. The molecule has 2 unspecified atom stereocenters. The molecule has 2 heteroatoms. The summed E-state index contributed by atoms with van der Waals surface area (Å²) in [5.74, 6) is -0.183. The molecule has 82 valence electrons. The third-order valence-electron chi connectivity index (χ3n) is 3.28. The van der Waals surface area contributed by atoms with Gasteiger partial charge in [0.05, 0.1) is 6.10 Å². The second-order valence-corrected chi connectivity index (χ2v) is 4.33. The summed E-state index contributed by atoms with van der Waals surface area (Å²) in [6.45, 7) is 0. The number of aliphatic hydroxyl groups excluding tert-OH is 1. The van der Waals surface area contributed by atoms with Crippen molar-refractivity contribution >= 4 is 0 Å². The van der Waals surface area contributed by atoms with Crippen LogP contribution in [0.4, 0.5) is 4.39 Å². The van der Waals surface area contributed by atoms with Crippen LogP contribution in [-0.4, -0.2) is 11.2 Å². The summed E-state index contributed by atoms with van der Waals surface area (Å²) in [5.41, 5.74) is 0.687. The van der Waals surface area contributed by atoms with Gasteiger partial charge in [-0.05, 0) is 24.5 Å². The molecular formula is C13H17FO. The molecule has 0 spiro atoms. The Labute approximate surface area is 89.9 Å². The third kappa shape index (κ3) is 2.37. The standard InChI is InChI=1S/C13H17FO/c14-12-8-5-4-6-10(12)11-7-2-1-3-9-13(11)15/h4-6,8,11,13,15H,1-3,7,9H2. The summed E-state index contributed by atoms with van der Waals surface area (Å²) < 4.78 is 13.6. The highest BCUT2D eigenvalue weighted by molar-refractivity contribution is 5.23. The molecule has 0 saturated heterocycles. The van der Waals surface area contributed by atoms with Crippen molar-refractivity contribution in [3.05, 3.63) is 35.6 Å². The summed E-state index contributed by atoms with van der Waals surface area (Å²) in [7, 11) is 0. The normalized spacial score (nSPS) is 27.3. The van der Waals surface area contributed by atoms with Crippen LogP contribution in [0.5, 0.6) is 0 Å². The van der Waals surface area contributed by atoms with Crippen LogP contribution in [-0.2, 0) is 0 Å². The second-order valence-electron chi connectivity index (χ2n) is 4.33. The van der Waals surface area contributed by atoms with E-state index in [2.05, 4.69) is 0 Å². The molecule has 15 heavy (non-hydrogen) atoms. The SMILES string of the molecule is OC1CCCCCC1c1ccccc1F. The highest BCUT2D eigenvalue weighted by Gasteiger charge is 2.24. The van der Waals surface area contributed by atoms with E-state index in [0.717, 1.165) is 32.1 Å². The van der Waals surface area contributed by atoms with Crippen molar-refractivity contribution in [3.63, 3.8) is 0 Å². The first-order valence-corrected chi connectivity index (χ1v) is 5.71.